The second kappa shape index (κ2) is 8.06. The Morgan fingerprint density at radius 2 is 0.951 bits per heavy atom. The number of hydrogen-bond acceptors (Lipinski definition) is 3. The standard InChI is InChI=1S/C38H23NO2/c40-36-26-13-1-4-16-28(26)38(29-17-5-2-14-27(29)36)30-18-6-8-20-32(30)39(33-21-9-7-19-31(33)38)34-22-11-15-25-24-12-3-10-23-35(24)41-37(25)34/h1-23H. The Bertz CT molecular complexity index is 2110. The lowest BCUT2D eigenvalue weighted by Gasteiger charge is -2.48. The molecule has 0 fully saturated rings. The first kappa shape index (κ1) is 22.4. The van der Waals surface area contributed by atoms with Crippen molar-refractivity contribution in [3.8, 4) is 0 Å². The lowest BCUT2D eigenvalue weighted by Crippen LogP contribution is -2.42. The van der Waals surface area contributed by atoms with Gasteiger partial charge in [0.2, 0.25) is 0 Å². The van der Waals surface area contributed by atoms with Gasteiger partial charge >= 0.3 is 0 Å². The molecule has 192 valence electrons. The third-order valence-corrected chi connectivity index (χ3v) is 8.87. The van der Waals surface area contributed by atoms with Crippen LogP contribution in [0.5, 0.6) is 0 Å². The maximum atomic E-state index is 13.9. The van der Waals surface area contributed by atoms with Crippen molar-refractivity contribution in [3.63, 3.8) is 0 Å². The van der Waals surface area contributed by atoms with Crippen molar-refractivity contribution in [2.45, 2.75) is 5.41 Å². The number of carbonyl (C=O) groups excluding carboxylic acids is 1. The molecule has 0 bridgehead atoms. The minimum absolute atomic E-state index is 0.0752. The highest BCUT2D eigenvalue weighted by molar-refractivity contribution is 6.15. The largest absolute Gasteiger partial charge is 0.454 e. The first-order valence-corrected chi connectivity index (χ1v) is 13.9. The van der Waals surface area contributed by atoms with E-state index in [1.807, 2.05) is 36.4 Å². The zero-order valence-electron chi connectivity index (χ0n) is 22.0. The summed E-state index contributed by atoms with van der Waals surface area (Å²) >= 11 is 0. The molecule has 0 N–H and O–H groups in total. The van der Waals surface area contributed by atoms with E-state index >= 15 is 0 Å². The average molecular weight is 526 g/mol. The molecule has 0 atom stereocenters. The van der Waals surface area contributed by atoms with Gasteiger partial charge in [0, 0.05) is 21.9 Å². The van der Waals surface area contributed by atoms with Crippen LogP contribution in [0.25, 0.3) is 21.9 Å². The molecule has 0 amide bonds. The fourth-order valence-corrected chi connectivity index (χ4v) is 7.30. The van der Waals surface area contributed by atoms with E-state index in [2.05, 4.69) is 108 Å². The number of para-hydroxylation sites is 4. The molecular weight excluding hydrogens is 502 g/mol. The maximum absolute atomic E-state index is 13.9. The molecular formula is C38H23NO2. The number of anilines is 3. The zero-order chi connectivity index (χ0) is 27.1. The van der Waals surface area contributed by atoms with Crippen LogP contribution in [0, 0.1) is 0 Å². The van der Waals surface area contributed by atoms with Crippen LogP contribution >= 0.6 is 0 Å². The summed E-state index contributed by atoms with van der Waals surface area (Å²) in [6, 6.07) is 48.1. The monoisotopic (exact) mass is 525 g/mol. The molecule has 7 aromatic rings. The van der Waals surface area contributed by atoms with E-state index in [0.717, 1.165) is 72.4 Å². The van der Waals surface area contributed by atoms with Gasteiger partial charge in [-0.1, -0.05) is 115 Å². The van der Waals surface area contributed by atoms with Crippen LogP contribution in [0.4, 0.5) is 17.1 Å². The van der Waals surface area contributed by atoms with Gasteiger partial charge in [0.25, 0.3) is 0 Å². The van der Waals surface area contributed by atoms with E-state index in [9.17, 15) is 4.79 Å². The molecule has 2 aliphatic rings. The summed E-state index contributed by atoms with van der Waals surface area (Å²) in [6.07, 6.45) is 0. The number of nitrogens with zero attached hydrogens (tertiary/aromatic N) is 1. The van der Waals surface area contributed by atoms with Gasteiger partial charge < -0.3 is 9.32 Å². The Balaban J connectivity index is 1.44. The first-order valence-electron chi connectivity index (χ1n) is 13.9. The number of benzene rings is 6. The summed E-state index contributed by atoms with van der Waals surface area (Å²) in [6.45, 7) is 0. The van der Waals surface area contributed by atoms with E-state index in [0.29, 0.717) is 0 Å². The number of carbonyl (C=O) groups is 1. The topological polar surface area (TPSA) is 33.5 Å². The van der Waals surface area contributed by atoms with Crippen molar-refractivity contribution in [2.75, 3.05) is 4.90 Å². The SMILES string of the molecule is O=C1c2ccccc2C2(c3ccccc31)c1ccccc1N(c1cccc3c1oc1ccccc13)c1ccccc12. The highest BCUT2D eigenvalue weighted by atomic mass is 16.3. The molecule has 9 rings (SSSR count). The van der Waals surface area contributed by atoms with Crippen molar-refractivity contribution in [3.05, 3.63) is 173 Å². The minimum Gasteiger partial charge on any atom is -0.454 e. The summed E-state index contributed by atoms with van der Waals surface area (Å²) in [7, 11) is 0. The van der Waals surface area contributed by atoms with Gasteiger partial charge in [0.1, 0.15) is 5.58 Å². The molecule has 1 aliphatic carbocycles. The Kier molecular flexibility index (Phi) is 4.41. The van der Waals surface area contributed by atoms with Gasteiger partial charge in [0.15, 0.2) is 11.4 Å². The Morgan fingerprint density at radius 1 is 0.463 bits per heavy atom. The maximum Gasteiger partial charge on any atom is 0.193 e. The van der Waals surface area contributed by atoms with Crippen LogP contribution < -0.4 is 4.90 Å². The van der Waals surface area contributed by atoms with Crippen LogP contribution in [-0.2, 0) is 5.41 Å². The first-order chi connectivity index (χ1) is 20.3. The molecule has 1 aliphatic heterocycles. The summed E-state index contributed by atoms with van der Waals surface area (Å²) in [5, 5.41) is 2.19. The zero-order valence-corrected chi connectivity index (χ0v) is 22.0. The third-order valence-electron chi connectivity index (χ3n) is 8.87. The van der Waals surface area contributed by atoms with Crippen LogP contribution in [0.3, 0.4) is 0 Å². The number of fused-ring (bicyclic) bond motifs is 11. The molecule has 1 aromatic heterocycles. The highest BCUT2D eigenvalue weighted by Crippen LogP contribution is 2.60. The van der Waals surface area contributed by atoms with Crippen molar-refractivity contribution in [1.82, 2.24) is 0 Å². The molecule has 0 saturated carbocycles. The number of furan rings is 1. The molecule has 6 aromatic carbocycles. The second-order valence-electron chi connectivity index (χ2n) is 10.8. The molecule has 3 heteroatoms. The van der Waals surface area contributed by atoms with Crippen molar-refractivity contribution >= 4 is 44.8 Å². The molecule has 0 unspecified atom stereocenters. The van der Waals surface area contributed by atoms with E-state index in [4.69, 9.17) is 4.42 Å². The lowest BCUT2D eigenvalue weighted by atomic mass is 9.57. The molecule has 2 heterocycles. The van der Waals surface area contributed by atoms with E-state index < -0.39 is 5.41 Å². The molecule has 3 nitrogen and oxygen atoms in total. The third kappa shape index (κ3) is 2.75. The second-order valence-corrected chi connectivity index (χ2v) is 10.8. The summed E-state index contributed by atoms with van der Waals surface area (Å²) in [5.41, 5.74) is 10.0. The van der Waals surface area contributed by atoms with Crippen LogP contribution in [0.2, 0.25) is 0 Å². The quantitative estimate of drug-likeness (QED) is 0.214. The summed E-state index contributed by atoms with van der Waals surface area (Å²) < 4.78 is 6.54. The lowest BCUT2D eigenvalue weighted by molar-refractivity contribution is 0.103. The fraction of sp³-hybridized carbons (Fsp3) is 0.0263. The van der Waals surface area contributed by atoms with Gasteiger partial charge in [-0.15, -0.1) is 0 Å². The number of ketones is 1. The van der Waals surface area contributed by atoms with Crippen LogP contribution in [-0.4, -0.2) is 5.78 Å². The summed E-state index contributed by atoms with van der Waals surface area (Å²) in [5.74, 6) is 0.0752. The molecule has 0 saturated heterocycles. The predicted molar refractivity (Wildman–Crippen MR) is 164 cm³/mol. The predicted octanol–water partition coefficient (Wildman–Crippen LogP) is 9.30. The van der Waals surface area contributed by atoms with Gasteiger partial charge in [-0.25, -0.2) is 0 Å². The average Bonchev–Trinajstić information content (AvgIpc) is 3.42. The van der Waals surface area contributed by atoms with Crippen molar-refractivity contribution in [2.24, 2.45) is 0 Å². The normalized spacial score (nSPS) is 14.5. The van der Waals surface area contributed by atoms with Gasteiger partial charge in [-0.05, 0) is 46.5 Å². The Hall–Kier alpha value is -5.41. The molecule has 41 heavy (non-hydrogen) atoms. The van der Waals surface area contributed by atoms with Crippen molar-refractivity contribution in [1.29, 1.82) is 0 Å². The summed E-state index contributed by atoms with van der Waals surface area (Å²) in [4.78, 5) is 16.2. The Morgan fingerprint density at radius 3 is 1.61 bits per heavy atom. The molecule has 1 spiro atoms. The van der Waals surface area contributed by atoms with E-state index in [-0.39, 0.29) is 5.78 Å². The van der Waals surface area contributed by atoms with Crippen LogP contribution in [0.1, 0.15) is 38.2 Å². The van der Waals surface area contributed by atoms with Gasteiger partial charge in [0.05, 0.1) is 22.5 Å². The van der Waals surface area contributed by atoms with E-state index in [1.54, 1.807) is 0 Å². The Labute approximate surface area is 236 Å². The fourth-order valence-electron chi connectivity index (χ4n) is 7.30. The van der Waals surface area contributed by atoms with Gasteiger partial charge in [-0.3, -0.25) is 4.79 Å². The number of hydrogen-bond donors (Lipinski definition) is 0. The minimum atomic E-state index is -0.660. The van der Waals surface area contributed by atoms with Crippen LogP contribution in [0.15, 0.2) is 144 Å². The smallest absolute Gasteiger partial charge is 0.193 e. The number of rotatable bonds is 1. The highest BCUT2D eigenvalue weighted by Gasteiger charge is 2.51. The van der Waals surface area contributed by atoms with Crippen molar-refractivity contribution < 1.29 is 9.21 Å². The molecule has 0 radical (unpaired) electrons. The van der Waals surface area contributed by atoms with E-state index in [1.165, 1.54) is 0 Å². The van der Waals surface area contributed by atoms with Gasteiger partial charge in [-0.2, -0.15) is 0 Å².